The number of hydrogen-bond acceptors (Lipinski definition) is 5. The third-order valence-electron chi connectivity index (χ3n) is 7.69. The second-order valence-corrected chi connectivity index (χ2v) is 11.8. The van der Waals surface area contributed by atoms with Crippen LogP contribution in [0.1, 0.15) is 56.0 Å². The van der Waals surface area contributed by atoms with Crippen molar-refractivity contribution in [2.24, 2.45) is 5.73 Å². The zero-order valence-corrected chi connectivity index (χ0v) is 23.9. The third-order valence-corrected chi connectivity index (χ3v) is 7.69. The van der Waals surface area contributed by atoms with Gasteiger partial charge in [0.1, 0.15) is 5.60 Å². The molecule has 3 N–H and O–H groups in total. The molecule has 0 bridgehead atoms. The van der Waals surface area contributed by atoms with Crippen LogP contribution in [0, 0.1) is 0 Å². The maximum Gasteiger partial charge on any atom is 0.408 e. The fourth-order valence-electron chi connectivity index (χ4n) is 5.55. The molecule has 2 aromatic carbocycles. The number of hydrogen-bond donors (Lipinski definition) is 2. The van der Waals surface area contributed by atoms with Crippen molar-refractivity contribution in [3.63, 3.8) is 0 Å². The lowest BCUT2D eigenvalue weighted by atomic mass is 9.71. The Hall–Kier alpha value is -4.98. The van der Waals surface area contributed by atoms with Crippen LogP contribution in [0.4, 0.5) is 4.79 Å². The molecule has 0 aliphatic heterocycles. The number of nitrogens with two attached hydrogens (primary N) is 1. The highest BCUT2D eigenvalue weighted by Crippen LogP contribution is 2.43. The number of ether oxygens (including phenoxy) is 1. The number of primary amides is 1. The maximum absolute atomic E-state index is 12.7. The number of alkyl carbamates (subject to hydrolysis) is 1. The van der Waals surface area contributed by atoms with Gasteiger partial charge < -0.3 is 15.8 Å². The molecule has 6 rings (SSSR count). The highest BCUT2D eigenvalue weighted by molar-refractivity contribution is 6.01. The molecule has 1 aliphatic carbocycles. The van der Waals surface area contributed by atoms with Gasteiger partial charge in [-0.25, -0.2) is 9.78 Å². The molecule has 42 heavy (non-hydrogen) atoms. The standard InChI is InChI=1S/C34H33N5O3/c1-33(2,3)42-32(41)38-34(16-8-17-34)26-14-12-22(13-15-26)28-29(23-9-5-4-6-10-23)39-21-25(24-11-7-18-36-20-24)19-27(30(35)40)31(39)37-28/h4-7,9-15,18-21H,8,16-17H2,1-3H3,(H2,35,40)(H,38,41). The monoisotopic (exact) mass is 559 g/mol. The first-order valence-corrected chi connectivity index (χ1v) is 14.1. The Morgan fingerprint density at radius 2 is 1.64 bits per heavy atom. The number of aromatic nitrogens is 3. The number of imidazole rings is 1. The normalized spacial score (nSPS) is 14.3. The van der Waals surface area contributed by atoms with E-state index in [1.165, 1.54) is 0 Å². The highest BCUT2D eigenvalue weighted by atomic mass is 16.6. The predicted molar refractivity (Wildman–Crippen MR) is 163 cm³/mol. The summed E-state index contributed by atoms with van der Waals surface area (Å²) in [6, 6.07) is 23.7. The van der Waals surface area contributed by atoms with E-state index in [4.69, 9.17) is 15.5 Å². The highest BCUT2D eigenvalue weighted by Gasteiger charge is 2.41. The molecule has 2 amide bonds. The topological polar surface area (TPSA) is 112 Å². The van der Waals surface area contributed by atoms with Gasteiger partial charge in [-0.05, 0) is 57.7 Å². The fraction of sp³-hybridized carbons (Fsp3) is 0.235. The van der Waals surface area contributed by atoms with Crippen molar-refractivity contribution in [3.8, 4) is 33.6 Å². The van der Waals surface area contributed by atoms with E-state index in [0.29, 0.717) is 11.2 Å². The summed E-state index contributed by atoms with van der Waals surface area (Å²) in [5.41, 5.74) is 11.7. The van der Waals surface area contributed by atoms with Gasteiger partial charge in [-0.2, -0.15) is 0 Å². The van der Waals surface area contributed by atoms with Gasteiger partial charge in [0.25, 0.3) is 5.91 Å². The van der Waals surface area contributed by atoms with Crippen molar-refractivity contribution < 1.29 is 14.3 Å². The first kappa shape index (κ1) is 27.2. The number of nitrogens with zero attached hydrogens (tertiary/aromatic N) is 3. The molecule has 8 nitrogen and oxygen atoms in total. The zero-order valence-electron chi connectivity index (χ0n) is 23.9. The van der Waals surface area contributed by atoms with E-state index >= 15 is 0 Å². The molecule has 0 unspecified atom stereocenters. The Bertz CT molecular complexity index is 1770. The van der Waals surface area contributed by atoms with Crippen LogP contribution < -0.4 is 11.1 Å². The average molecular weight is 560 g/mol. The number of rotatable bonds is 6. The molecule has 0 radical (unpaired) electrons. The minimum absolute atomic E-state index is 0.325. The van der Waals surface area contributed by atoms with Crippen molar-refractivity contribution in [3.05, 3.63) is 103 Å². The van der Waals surface area contributed by atoms with Crippen LogP contribution in [-0.4, -0.2) is 32.0 Å². The van der Waals surface area contributed by atoms with Crippen LogP contribution in [-0.2, 0) is 10.3 Å². The van der Waals surface area contributed by atoms with Gasteiger partial charge in [0.15, 0.2) is 5.65 Å². The summed E-state index contributed by atoms with van der Waals surface area (Å²) in [5, 5.41) is 3.13. The smallest absolute Gasteiger partial charge is 0.408 e. The summed E-state index contributed by atoms with van der Waals surface area (Å²) in [6.07, 6.45) is 7.73. The van der Waals surface area contributed by atoms with Crippen LogP contribution in [0.3, 0.4) is 0 Å². The molecular weight excluding hydrogens is 526 g/mol. The van der Waals surface area contributed by atoms with Crippen molar-refractivity contribution in [1.82, 2.24) is 19.7 Å². The minimum Gasteiger partial charge on any atom is -0.444 e. The van der Waals surface area contributed by atoms with Gasteiger partial charge in [-0.1, -0.05) is 60.7 Å². The molecular formula is C34H33N5O3. The van der Waals surface area contributed by atoms with Gasteiger partial charge in [-0.3, -0.25) is 14.2 Å². The van der Waals surface area contributed by atoms with Gasteiger partial charge in [0.05, 0.1) is 22.5 Å². The van der Waals surface area contributed by atoms with E-state index < -0.39 is 23.1 Å². The molecule has 3 aromatic heterocycles. The number of carbonyl (C=O) groups excluding carboxylic acids is 2. The lowest BCUT2D eigenvalue weighted by Gasteiger charge is -2.43. The molecule has 1 aliphatic rings. The van der Waals surface area contributed by atoms with E-state index in [0.717, 1.165) is 58.5 Å². The second-order valence-electron chi connectivity index (χ2n) is 11.8. The molecule has 8 heteroatoms. The van der Waals surface area contributed by atoms with E-state index in [2.05, 4.69) is 10.3 Å². The Morgan fingerprint density at radius 3 is 2.24 bits per heavy atom. The second kappa shape index (κ2) is 10.4. The first-order chi connectivity index (χ1) is 20.1. The lowest BCUT2D eigenvalue weighted by molar-refractivity contribution is 0.0377. The average Bonchev–Trinajstić information content (AvgIpc) is 3.34. The Labute approximate surface area is 244 Å². The summed E-state index contributed by atoms with van der Waals surface area (Å²) in [5.74, 6) is -0.558. The van der Waals surface area contributed by atoms with Crippen molar-refractivity contribution in [2.45, 2.75) is 51.2 Å². The molecule has 1 fully saturated rings. The Kier molecular flexibility index (Phi) is 6.77. The molecule has 5 aromatic rings. The molecule has 212 valence electrons. The summed E-state index contributed by atoms with van der Waals surface area (Å²) in [4.78, 5) is 34.6. The van der Waals surface area contributed by atoms with Crippen LogP contribution in [0.25, 0.3) is 39.3 Å². The first-order valence-electron chi connectivity index (χ1n) is 14.1. The molecule has 3 heterocycles. The SMILES string of the molecule is CC(C)(C)OC(=O)NC1(c2ccc(-c3nc4c(C(N)=O)cc(-c5cccnc5)cn4c3-c3ccccc3)cc2)CCC1. The minimum atomic E-state index is -0.573. The summed E-state index contributed by atoms with van der Waals surface area (Å²) >= 11 is 0. The fourth-order valence-corrected chi connectivity index (χ4v) is 5.55. The zero-order chi connectivity index (χ0) is 29.5. The number of amides is 2. The molecule has 0 saturated heterocycles. The quantitative estimate of drug-likeness (QED) is 0.240. The number of fused-ring (bicyclic) bond motifs is 1. The van der Waals surface area contributed by atoms with E-state index in [-0.39, 0.29) is 0 Å². The van der Waals surface area contributed by atoms with Crippen molar-refractivity contribution in [1.29, 1.82) is 0 Å². The maximum atomic E-state index is 12.7. The Balaban J connectivity index is 1.47. The largest absolute Gasteiger partial charge is 0.444 e. The van der Waals surface area contributed by atoms with E-state index in [1.54, 1.807) is 18.5 Å². The van der Waals surface area contributed by atoms with E-state index in [9.17, 15) is 9.59 Å². The van der Waals surface area contributed by atoms with Crippen LogP contribution in [0.5, 0.6) is 0 Å². The van der Waals surface area contributed by atoms with Crippen LogP contribution >= 0.6 is 0 Å². The number of pyridine rings is 2. The summed E-state index contributed by atoms with van der Waals surface area (Å²) in [6.45, 7) is 5.58. The Morgan fingerprint density at radius 1 is 0.929 bits per heavy atom. The predicted octanol–water partition coefficient (Wildman–Crippen LogP) is 6.73. The number of benzene rings is 2. The van der Waals surface area contributed by atoms with Gasteiger partial charge in [-0.15, -0.1) is 0 Å². The summed E-state index contributed by atoms with van der Waals surface area (Å²) < 4.78 is 7.49. The van der Waals surface area contributed by atoms with Gasteiger partial charge in [0.2, 0.25) is 0 Å². The molecule has 0 spiro atoms. The molecule has 0 atom stereocenters. The number of nitrogens with one attached hydrogen (secondary N) is 1. The van der Waals surface area contributed by atoms with Crippen molar-refractivity contribution in [2.75, 3.05) is 0 Å². The van der Waals surface area contributed by atoms with E-state index in [1.807, 2.05) is 98.1 Å². The van der Waals surface area contributed by atoms with Crippen molar-refractivity contribution >= 4 is 17.6 Å². The van der Waals surface area contributed by atoms with Crippen LogP contribution in [0.15, 0.2) is 91.4 Å². The van der Waals surface area contributed by atoms with Gasteiger partial charge >= 0.3 is 6.09 Å². The van der Waals surface area contributed by atoms with Crippen LogP contribution in [0.2, 0.25) is 0 Å². The number of carbonyl (C=O) groups is 2. The summed E-state index contributed by atoms with van der Waals surface area (Å²) in [7, 11) is 0. The third kappa shape index (κ3) is 5.11. The molecule has 1 saturated carbocycles. The lowest BCUT2D eigenvalue weighted by Crippen LogP contribution is -2.52. The van der Waals surface area contributed by atoms with Gasteiger partial charge in [0, 0.05) is 40.8 Å².